The maximum absolute atomic E-state index is 12.6. The number of hydrogen-bond acceptors (Lipinski definition) is 6. The van der Waals surface area contributed by atoms with E-state index in [1.807, 2.05) is 61.5 Å². The van der Waals surface area contributed by atoms with Crippen molar-refractivity contribution in [1.82, 2.24) is 24.8 Å². The van der Waals surface area contributed by atoms with Crippen LogP contribution in [0.3, 0.4) is 0 Å². The van der Waals surface area contributed by atoms with Crippen molar-refractivity contribution < 1.29 is 14.1 Å². The number of nitrogens with zero attached hydrogens (tertiary/aromatic N) is 5. The average molecular weight is 415 g/mol. The van der Waals surface area contributed by atoms with E-state index in [9.17, 15) is 4.79 Å². The largest absolute Gasteiger partial charge is 0.487 e. The third-order valence-corrected chi connectivity index (χ3v) is 5.23. The van der Waals surface area contributed by atoms with Crippen LogP contribution in [0.25, 0.3) is 22.8 Å². The van der Waals surface area contributed by atoms with Gasteiger partial charge < -0.3 is 14.2 Å². The maximum atomic E-state index is 12.6. The maximum Gasteiger partial charge on any atom is 0.272 e. The van der Waals surface area contributed by atoms with Crippen molar-refractivity contribution in [2.45, 2.75) is 19.6 Å². The number of benzene rings is 2. The standard InChI is InChI=1S/C23H21N5O3/c1-2-28-20(12-13-24-28)23(29)27-14-19(15-27)30-18-10-8-16(9-11-18)21-25-22(31-26-21)17-6-4-3-5-7-17/h3-13,19H,2,14-15H2,1H3. The Kier molecular flexibility index (Phi) is 4.95. The number of rotatable bonds is 6. The zero-order valence-corrected chi connectivity index (χ0v) is 17.0. The van der Waals surface area contributed by atoms with Crippen LogP contribution in [0.2, 0.25) is 0 Å². The number of likely N-dealkylation sites (tertiary alicyclic amines) is 1. The Labute approximate surface area is 179 Å². The van der Waals surface area contributed by atoms with E-state index in [4.69, 9.17) is 9.26 Å². The molecular weight excluding hydrogens is 394 g/mol. The zero-order chi connectivity index (χ0) is 21.2. The molecule has 4 aromatic rings. The summed E-state index contributed by atoms with van der Waals surface area (Å²) in [6.45, 7) is 3.75. The predicted molar refractivity (Wildman–Crippen MR) is 113 cm³/mol. The Morgan fingerprint density at radius 1 is 1.06 bits per heavy atom. The lowest BCUT2D eigenvalue weighted by Gasteiger charge is -2.38. The molecular formula is C23H21N5O3. The summed E-state index contributed by atoms with van der Waals surface area (Å²) in [5.74, 6) is 1.74. The van der Waals surface area contributed by atoms with Crippen LogP contribution in [-0.2, 0) is 6.54 Å². The summed E-state index contributed by atoms with van der Waals surface area (Å²) in [5.41, 5.74) is 2.34. The molecule has 0 unspecified atom stereocenters. The van der Waals surface area contributed by atoms with Crippen LogP contribution >= 0.6 is 0 Å². The van der Waals surface area contributed by atoms with Crippen molar-refractivity contribution in [2.24, 2.45) is 0 Å². The molecule has 156 valence electrons. The van der Waals surface area contributed by atoms with Gasteiger partial charge in [-0.05, 0) is 49.4 Å². The monoisotopic (exact) mass is 415 g/mol. The molecule has 1 fully saturated rings. The summed E-state index contributed by atoms with van der Waals surface area (Å²) in [5, 5.41) is 8.23. The van der Waals surface area contributed by atoms with Gasteiger partial charge in [-0.25, -0.2) is 0 Å². The van der Waals surface area contributed by atoms with Gasteiger partial charge in [0.15, 0.2) is 0 Å². The first-order valence-corrected chi connectivity index (χ1v) is 10.2. The molecule has 0 radical (unpaired) electrons. The molecule has 5 rings (SSSR count). The van der Waals surface area contributed by atoms with Gasteiger partial charge in [-0.3, -0.25) is 9.48 Å². The van der Waals surface area contributed by atoms with Crippen molar-refractivity contribution in [1.29, 1.82) is 0 Å². The molecule has 2 aromatic carbocycles. The lowest BCUT2D eigenvalue weighted by atomic mass is 10.1. The molecule has 1 amide bonds. The third kappa shape index (κ3) is 3.79. The van der Waals surface area contributed by atoms with E-state index in [2.05, 4.69) is 15.2 Å². The van der Waals surface area contributed by atoms with Gasteiger partial charge in [0.1, 0.15) is 17.5 Å². The molecule has 0 N–H and O–H groups in total. The second kappa shape index (κ2) is 8.06. The number of ether oxygens (including phenoxy) is 1. The number of hydrogen-bond donors (Lipinski definition) is 0. The zero-order valence-electron chi connectivity index (χ0n) is 17.0. The minimum Gasteiger partial charge on any atom is -0.487 e. The van der Waals surface area contributed by atoms with Crippen molar-refractivity contribution >= 4 is 5.91 Å². The van der Waals surface area contributed by atoms with Gasteiger partial charge in [-0.2, -0.15) is 10.1 Å². The summed E-state index contributed by atoms with van der Waals surface area (Å²) >= 11 is 0. The van der Waals surface area contributed by atoms with E-state index in [0.717, 1.165) is 16.9 Å². The molecule has 0 spiro atoms. The van der Waals surface area contributed by atoms with E-state index < -0.39 is 0 Å². The molecule has 1 saturated heterocycles. The molecule has 31 heavy (non-hydrogen) atoms. The van der Waals surface area contributed by atoms with E-state index in [1.54, 1.807) is 21.8 Å². The number of aromatic nitrogens is 4. The van der Waals surface area contributed by atoms with Gasteiger partial charge in [0, 0.05) is 23.9 Å². The first-order valence-electron chi connectivity index (χ1n) is 10.2. The second-order valence-corrected chi connectivity index (χ2v) is 7.30. The molecule has 0 atom stereocenters. The number of carbonyl (C=O) groups excluding carboxylic acids is 1. The Hall–Kier alpha value is -3.94. The lowest BCUT2D eigenvalue weighted by Crippen LogP contribution is -2.56. The molecule has 1 aliphatic rings. The summed E-state index contributed by atoms with van der Waals surface area (Å²) in [7, 11) is 0. The SMILES string of the molecule is CCn1nccc1C(=O)N1CC(Oc2ccc(-c3noc(-c4ccccc4)n3)cc2)C1. The smallest absolute Gasteiger partial charge is 0.272 e. The molecule has 8 nitrogen and oxygen atoms in total. The van der Waals surface area contributed by atoms with E-state index >= 15 is 0 Å². The highest BCUT2D eigenvalue weighted by Gasteiger charge is 2.34. The van der Waals surface area contributed by atoms with Crippen molar-refractivity contribution in [3.05, 3.63) is 72.6 Å². The van der Waals surface area contributed by atoms with Crippen LogP contribution in [0.15, 0.2) is 71.4 Å². The molecule has 0 bridgehead atoms. The minimum atomic E-state index is -0.0253. The third-order valence-electron chi connectivity index (χ3n) is 5.23. The van der Waals surface area contributed by atoms with Gasteiger partial charge in [0.2, 0.25) is 5.82 Å². The molecule has 1 aliphatic heterocycles. The summed E-state index contributed by atoms with van der Waals surface area (Å²) < 4.78 is 13.1. The van der Waals surface area contributed by atoms with Crippen LogP contribution in [0.1, 0.15) is 17.4 Å². The van der Waals surface area contributed by atoms with Crippen LogP contribution < -0.4 is 4.74 Å². The van der Waals surface area contributed by atoms with Gasteiger partial charge >= 0.3 is 0 Å². The van der Waals surface area contributed by atoms with E-state index in [0.29, 0.717) is 37.0 Å². The summed E-state index contributed by atoms with van der Waals surface area (Å²) in [4.78, 5) is 18.8. The summed E-state index contributed by atoms with van der Waals surface area (Å²) in [6, 6.07) is 19.0. The van der Waals surface area contributed by atoms with Crippen LogP contribution in [0.5, 0.6) is 5.75 Å². The first-order chi connectivity index (χ1) is 15.2. The Bertz CT molecular complexity index is 1180. The van der Waals surface area contributed by atoms with E-state index in [1.165, 1.54) is 0 Å². The predicted octanol–water partition coefficient (Wildman–Crippen LogP) is 3.52. The fourth-order valence-electron chi connectivity index (χ4n) is 3.52. The highest BCUT2D eigenvalue weighted by molar-refractivity contribution is 5.93. The van der Waals surface area contributed by atoms with Crippen molar-refractivity contribution in [3.63, 3.8) is 0 Å². The Balaban J connectivity index is 1.18. The van der Waals surface area contributed by atoms with Crippen LogP contribution in [-0.4, -0.2) is 49.9 Å². The Morgan fingerprint density at radius 3 is 2.58 bits per heavy atom. The summed E-state index contributed by atoms with van der Waals surface area (Å²) in [6.07, 6.45) is 1.63. The molecule has 0 saturated carbocycles. The number of amides is 1. The topological polar surface area (TPSA) is 86.3 Å². The number of carbonyl (C=O) groups is 1. The molecule has 3 heterocycles. The fourth-order valence-corrected chi connectivity index (χ4v) is 3.52. The molecule has 0 aliphatic carbocycles. The second-order valence-electron chi connectivity index (χ2n) is 7.30. The Morgan fingerprint density at radius 2 is 1.84 bits per heavy atom. The fraction of sp³-hybridized carbons (Fsp3) is 0.217. The molecule has 2 aromatic heterocycles. The quantitative estimate of drug-likeness (QED) is 0.479. The lowest BCUT2D eigenvalue weighted by molar-refractivity contribution is 0.0169. The van der Waals surface area contributed by atoms with Crippen LogP contribution in [0.4, 0.5) is 0 Å². The van der Waals surface area contributed by atoms with Gasteiger partial charge in [0.05, 0.1) is 13.1 Å². The van der Waals surface area contributed by atoms with Crippen molar-refractivity contribution in [3.8, 4) is 28.6 Å². The van der Waals surface area contributed by atoms with Gasteiger partial charge in [-0.15, -0.1) is 0 Å². The number of aryl methyl sites for hydroxylation is 1. The van der Waals surface area contributed by atoms with Gasteiger partial charge in [-0.1, -0.05) is 23.4 Å². The van der Waals surface area contributed by atoms with Gasteiger partial charge in [0.25, 0.3) is 11.8 Å². The average Bonchev–Trinajstić information content (AvgIpc) is 3.46. The highest BCUT2D eigenvalue weighted by atomic mass is 16.5. The highest BCUT2D eigenvalue weighted by Crippen LogP contribution is 2.25. The van der Waals surface area contributed by atoms with Crippen LogP contribution in [0, 0.1) is 0 Å². The molecule has 8 heteroatoms. The normalized spacial score (nSPS) is 13.8. The first kappa shape index (κ1) is 19.0. The van der Waals surface area contributed by atoms with Crippen molar-refractivity contribution in [2.75, 3.05) is 13.1 Å². The van der Waals surface area contributed by atoms with E-state index in [-0.39, 0.29) is 12.0 Å². The minimum absolute atomic E-state index is 0.0131.